The van der Waals surface area contributed by atoms with Gasteiger partial charge in [0.15, 0.2) is 5.76 Å². The second kappa shape index (κ2) is 6.47. The van der Waals surface area contributed by atoms with Crippen LogP contribution in [0.3, 0.4) is 0 Å². The SMILES string of the molecule is C[C@H]1CC[C@H](C(N)=O)CN1C(=O)c1ccc(-c2ccccc2F)o1. The number of rotatable bonds is 3. The number of hydrogen-bond acceptors (Lipinski definition) is 3. The van der Waals surface area contributed by atoms with Crippen LogP contribution in [0.15, 0.2) is 40.8 Å². The van der Waals surface area contributed by atoms with Gasteiger partial charge in [-0.15, -0.1) is 0 Å². The molecule has 0 saturated carbocycles. The number of carbonyl (C=O) groups is 2. The third-order valence-electron chi connectivity index (χ3n) is 4.50. The minimum atomic E-state index is -0.411. The Kier molecular flexibility index (Phi) is 4.38. The summed E-state index contributed by atoms with van der Waals surface area (Å²) in [6, 6.07) is 9.32. The molecular weight excluding hydrogens is 311 g/mol. The maximum absolute atomic E-state index is 13.8. The predicted molar refractivity (Wildman–Crippen MR) is 86.5 cm³/mol. The van der Waals surface area contributed by atoms with Crippen molar-refractivity contribution < 1.29 is 18.4 Å². The predicted octanol–water partition coefficient (Wildman–Crippen LogP) is 2.81. The fraction of sp³-hybridized carbons (Fsp3) is 0.333. The van der Waals surface area contributed by atoms with Gasteiger partial charge in [0.25, 0.3) is 5.91 Å². The van der Waals surface area contributed by atoms with Crippen LogP contribution in [0.5, 0.6) is 0 Å². The van der Waals surface area contributed by atoms with E-state index in [9.17, 15) is 14.0 Å². The molecule has 0 bridgehead atoms. The molecule has 0 unspecified atom stereocenters. The third-order valence-corrected chi connectivity index (χ3v) is 4.50. The topological polar surface area (TPSA) is 76.5 Å². The number of piperidine rings is 1. The molecule has 1 saturated heterocycles. The first kappa shape index (κ1) is 16.2. The number of carbonyl (C=O) groups excluding carboxylic acids is 2. The number of nitrogens with zero attached hydrogens (tertiary/aromatic N) is 1. The number of nitrogens with two attached hydrogens (primary N) is 1. The highest BCUT2D eigenvalue weighted by Crippen LogP contribution is 2.28. The van der Waals surface area contributed by atoms with Crippen LogP contribution >= 0.6 is 0 Å². The van der Waals surface area contributed by atoms with E-state index in [0.29, 0.717) is 24.2 Å². The number of primary amides is 1. The fourth-order valence-corrected chi connectivity index (χ4v) is 3.02. The van der Waals surface area contributed by atoms with Gasteiger partial charge in [0, 0.05) is 12.6 Å². The highest BCUT2D eigenvalue weighted by Gasteiger charge is 2.33. The smallest absolute Gasteiger partial charge is 0.289 e. The van der Waals surface area contributed by atoms with E-state index in [1.807, 2.05) is 6.92 Å². The van der Waals surface area contributed by atoms with Gasteiger partial charge in [-0.2, -0.15) is 0 Å². The van der Waals surface area contributed by atoms with Crippen LogP contribution in [0.1, 0.15) is 30.3 Å². The van der Waals surface area contributed by atoms with Gasteiger partial charge >= 0.3 is 0 Å². The minimum Gasteiger partial charge on any atom is -0.451 e. The normalized spacial score (nSPS) is 20.8. The first-order valence-corrected chi connectivity index (χ1v) is 7.92. The first-order chi connectivity index (χ1) is 11.5. The molecule has 2 heterocycles. The van der Waals surface area contributed by atoms with Gasteiger partial charge in [-0.05, 0) is 44.0 Å². The molecule has 2 amide bonds. The Hall–Kier alpha value is -2.63. The summed E-state index contributed by atoms with van der Waals surface area (Å²) in [5, 5.41) is 0. The zero-order valence-corrected chi connectivity index (χ0v) is 13.4. The Balaban J connectivity index is 1.83. The number of amides is 2. The van der Waals surface area contributed by atoms with Crippen molar-refractivity contribution in [2.24, 2.45) is 11.7 Å². The number of likely N-dealkylation sites (tertiary alicyclic amines) is 1. The average molecular weight is 330 g/mol. The van der Waals surface area contributed by atoms with Crippen molar-refractivity contribution in [3.8, 4) is 11.3 Å². The standard InChI is InChI=1S/C18H19FN2O3/c1-11-6-7-12(17(20)22)10-21(11)18(23)16-9-8-15(24-16)13-4-2-3-5-14(13)19/h2-5,8-9,11-12H,6-7,10H2,1H3,(H2,20,22)/t11-,12-/m0/s1. The van der Waals surface area contributed by atoms with Crippen LogP contribution in [0, 0.1) is 11.7 Å². The lowest BCUT2D eigenvalue weighted by molar-refractivity contribution is -0.123. The molecule has 126 valence electrons. The summed E-state index contributed by atoms with van der Waals surface area (Å²) in [7, 11) is 0. The molecule has 3 rings (SSSR count). The molecule has 1 fully saturated rings. The van der Waals surface area contributed by atoms with Gasteiger partial charge in [0.05, 0.1) is 11.5 Å². The van der Waals surface area contributed by atoms with Crippen molar-refractivity contribution in [3.05, 3.63) is 48.0 Å². The summed E-state index contributed by atoms with van der Waals surface area (Å²) in [5.41, 5.74) is 5.67. The lowest BCUT2D eigenvalue weighted by Crippen LogP contribution is -2.48. The summed E-state index contributed by atoms with van der Waals surface area (Å²) in [5.74, 6) is -1.03. The van der Waals surface area contributed by atoms with Gasteiger partial charge in [-0.25, -0.2) is 4.39 Å². The number of benzene rings is 1. The first-order valence-electron chi connectivity index (χ1n) is 7.92. The van der Waals surface area contributed by atoms with E-state index >= 15 is 0 Å². The molecule has 2 N–H and O–H groups in total. The van der Waals surface area contributed by atoms with E-state index < -0.39 is 11.7 Å². The van der Waals surface area contributed by atoms with Gasteiger partial charge in [-0.3, -0.25) is 9.59 Å². The van der Waals surface area contributed by atoms with Crippen LogP contribution in [-0.2, 0) is 4.79 Å². The molecule has 0 spiro atoms. The van der Waals surface area contributed by atoms with Crippen LogP contribution in [-0.4, -0.2) is 29.3 Å². The maximum atomic E-state index is 13.8. The molecule has 2 aromatic rings. The Morgan fingerprint density at radius 1 is 1.21 bits per heavy atom. The summed E-state index contributed by atoms with van der Waals surface area (Å²) in [4.78, 5) is 25.7. The second-order valence-corrected chi connectivity index (χ2v) is 6.13. The number of furan rings is 1. The molecule has 1 aromatic heterocycles. The Morgan fingerprint density at radius 3 is 2.67 bits per heavy atom. The number of halogens is 1. The third kappa shape index (κ3) is 3.04. The Bertz CT molecular complexity index is 771. The molecule has 1 aliphatic heterocycles. The van der Waals surface area contributed by atoms with E-state index in [0.717, 1.165) is 0 Å². The van der Waals surface area contributed by atoms with Crippen LogP contribution < -0.4 is 5.73 Å². The van der Waals surface area contributed by atoms with E-state index in [4.69, 9.17) is 10.2 Å². The molecule has 2 atom stereocenters. The molecule has 6 heteroatoms. The molecule has 0 aliphatic carbocycles. The molecule has 1 aromatic carbocycles. The molecule has 24 heavy (non-hydrogen) atoms. The van der Waals surface area contributed by atoms with Gasteiger partial charge in [0.1, 0.15) is 11.6 Å². The molecular formula is C18H19FN2O3. The van der Waals surface area contributed by atoms with E-state index in [2.05, 4.69) is 0 Å². The quantitative estimate of drug-likeness (QED) is 0.940. The van der Waals surface area contributed by atoms with E-state index in [-0.39, 0.29) is 30.2 Å². The van der Waals surface area contributed by atoms with Crippen LogP contribution in [0.25, 0.3) is 11.3 Å². The van der Waals surface area contributed by atoms with E-state index in [1.165, 1.54) is 12.1 Å². The van der Waals surface area contributed by atoms with Crippen LogP contribution in [0.2, 0.25) is 0 Å². The zero-order valence-electron chi connectivity index (χ0n) is 13.4. The van der Waals surface area contributed by atoms with Gasteiger partial charge in [0.2, 0.25) is 5.91 Å². The van der Waals surface area contributed by atoms with Crippen molar-refractivity contribution in [1.82, 2.24) is 4.90 Å². The monoisotopic (exact) mass is 330 g/mol. The van der Waals surface area contributed by atoms with E-state index in [1.54, 1.807) is 29.2 Å². The number of hydrogen-bond donors (Lipinski definition) is 1. The van der Waals surface area contributed by atoms with Crippen molar-refractivity contribution in [2.75, 3.05) is 6.54 Å². The summed E-state index contributed by atoms with van der Waals surface area (Å²) >= 11 is 0. The van der Waals surface area contributed by atoms with Gasteiger partial charge < -0.3 is 15.1 Å². The maximum Gasteiger partial charge on any atom is 0.289 e. The molecule has 0 radical (unpaired) electrons. The highest BCUT2D eigenvalue weighted by molar-refractivity contribution is 5.93. The van der Waals surface area contributed by atoms with Crippen LogP contribution in [0.4, 0.5) is 4.39 Å². The fourth-order valence-electron chi connectivity index (χ4n) is 3.02. The Morgan fingerprint density at radius 2 is 1.96 bits per heavy atom. The largest absolute Gasteiger partial charge is 0.451 e. The van der Waals surface area contributed by atoms with Crippen molar-refractivity contribution >= 4 is 11.8 Å². The Labute approximate surface area is 139 Å². The molecule has 5 nitrogen and oxygen atoms in total. The lowest BCUT2D eigenvalue weighted by atomic mass is 9.93. The summed E-state index contributed by atoms with van der Waals surface area (Å²) in [6.07, 6.45) is 1.39. The lowest BCUT2D eigenvalue weighted by Gasteiger charge is -2.36. The summed E-state index contributed by atoms with van der Waals surface area (Å²) < 4.78 is 19.4. The second-order valence-electron chi connectivity index (χ2n) is 6.13. The zero-order chi connectivity index (χ0) is 17.3. The molecule has 1 aliphatic rings. The highest BCUT2D eigenvalue weighted by atomic mass is 19.1. The van der Waals surface area contributed by atoms with Gasteiger partial charge in [-0.1, -0.05) is 12.1 Å². The van der Waals surface area contributed by atoms with Crippen molar-refractivity contribution in [2.45, 2.75) is 25.8 Å². The minimum absolute atomic E-state index is 0.00453. The average Bonchev–Trinajstić information content (AvgIpc) is 3.04. The van der Waals surface area contributed by atoms with Crippen molar-refractivity contribution in [1.29, 1.82) is 0 Å². The van der Waals surface area contributed by atoms with Crippen molar-refractivity contribution in [3.63, 3.8) is 0 Å². The summed E-state index contributed by atoms with van der Waals surface area (Å²) in [6.45, 7) is 2.21.